The lowest BCUT2D eigenvalue weighted by molar-refractivity contribution is 0.00572. The number of ether oxygens (including phenoxy) is 1. The Kier molecular flexibility index (Phi) is 5.86. The summed E-state index contributed by atoms with van der Waals surface area (Å²) in [7, 11) is 1.74. The Labute approximate surface area is 185 Å². The van der Waals surface area contributed by atoms with Gasteiger partial charge in [0.1, 0.15) is 5.75 Å². The first-order valence-corrected chi connectivity index (χ1v) is 11.7. The molecule has 5 rings (SSSR count). The van der Waals surface area contributed by atoms with Crippen molar-refractivity contribution in [1.82, 2.24) is 15.1 Å². The molecule has 3 heterocycles. The molecule has 164 valence electrons. The van der Waals surface area contributed by atoms with Crippen LogP contribution in [0.1, 0.15) is 42.0 Å². The number of amides is 2. The predicted octanol–water partition coefficient (Wildman–Crippen LogP) is 4.03. The number of urea groups is 1. The number of fused-ring (bicyclic) bond motifs is 4. The van der Waals surface area contributed by atoms with Gasteiger partial charge in [0, 0.05) is 38.3 Å². The number of piperidine rings is 2. The van der Waals surface area contributed by atoms with Gasteiger partial charge in [-0.3, -0.25) is 4.90 Å². The summed E-state index contributed by atoms with van der Waals surface area (Å²) in [5.74, 6) is 1.51. The van der Waals surface area contributed by atoms with Gasteiger partial charge in [-0.05, 0) is 66.8 Å². The van der Waals surface area contributed by atoms with Crippen LogP contribution in [0.3, 0.4) is 0 Å². The third-order valence-corrected chi connectivity index (χ3v) is 7.47. The van der Waals surface area contributed by atoms with E-state index in [1.54, 1.807) is 7.11 Å². The van der Waals surface area contributed by atoms with Crippen molar-refractivity contribution in [2.24, 2.45) is 5.92 Å². The molecule has 0 saturated carbocycles. The average molecular weight is 420 g/mol. The molecule has 0 aromatic heterocycles. The van der Waals surface area contributed by atoms with Gasteiger partial charge < -0.3 is 15.0 Å². The van der Waals surface area contributed by atoms with Crippen LogP contribution in [0.15, 0.2) is 48.5 Å². The summed E-state index contributed by atoms with van der Waals surface area (Å²) < 4.78 is 5.51. The van der Waals surface area contributed by atoms with Gasteiger partial charge in [-0.15, -0.1) is 0 Å². The highest BCUT2D eigenvalue weighted by molar-refractivity contribution is 5.74. The summed E-state index contributed by atoms with van der Waals surface area (Å²) in [5.41, 5.74) is 4.11. The number of nitrogens with zero attached hydrogens (tertiary/aromatic N) is 2. The Morgan fingerprint density at radius 2 is 2.03 bits per heavy atom. The van der Waals surface area contributed by atoms with Crippen LogP contribution >= 0.6 is 0 Å². The van der Waals surface area contributed by atoms with E-state index in [1.165, 1.54) is 23.1 Å². The van der Waals surface area contributed by atoms with Crippen LogP contribution in [0.2, 0.25) is 0 Å². The van der Waals surface area contributed by atoms with Crippen LogP contribution in [0.4, 0.5) is 4.79 Å². The minimum absolute atomic E-state index is 0.112. The van der Waals surface area contributed by atoms with Gasteiger partial charge in [0.25, 0.3) is 0 Å². The summed E-state index contributed by atoms with van der Waals surface area (Å²) in [4.78, 5) is 17.9. The van der Waals surface area contributed by atoms with Gasteiger partial charge in [0.15, 0.2) is 0 Å². The molecule has 3 aliphatic rings. The van der Waals surface area contributed by atoms with Crippen molar-refractivity contribution in [3.8, 4) is 5.75 Å². The Bertz CT molecular complexity index is 916. The molecule has 0 radical (unpaired) electrons. The smallest absolute Gasteiger partial charge is 0.317 e. The third-order valence-electron chi connectivity index (χ3n) is 7.47. The van der Waals surface area contributed by atoms with Gasteiger partial charge in [-0.25, -0.2) is 4.79 Å². The highest BCUT2D eigenvalue weighted by atomic mass is 16.5. The molecule has 0 unspecified atom stereocenters. The van der Waals surface area contributed by atoms with Gasteiger partial charge in [-0.2, -0.15) is 0 Å². The van der Waals surface area contributed by atoms with Crippen LogP contribution in [-0.2, 0) is 12.8 Å². The highest BCUT2D eigenvalue weighted by Gasteiger charge is 2.44. The van der Waals surface area contributed by atoms with Gasteiger partial charge >= 0.3 is 6.03 Å². The SMILES string of the molecule is COc1ccc2c(c1)[C@@H]1C[C@H]3[C@H](CCCN3C(=O)NCCc3ccccc3)CN1CC2. The van der Waals surface area contributed by atoms with Crippen LogP contribution in [-0.4, -0.2) is 55.2 Å². The Hall–Kier alpha value is -2.53. The second-order valence-corrected chi connectivity index (χ2v) is 9.19. The molecule has 2 aromatic rings. The zero-order valence-corrected chi connectivity index (χ0v) is 18.4. The van der Waals surface area contributed by atoms with E-state index in [1.807, 2.05) is 6.07 Å². The normalized spacial score (nSPS) is 25.2. The lowest BCUT2D eigenvalue weighted by atomic mass is 9.76. The van der Waals surface area contributed by atoms with Crippen LogP contribution in [0.5, 0.6) is 5.75 Å². The molecule has 5 nitrogen and oxygen atoms in total. The van der Waals surface area contributed by atoms with E-state index in [0.29, 0.717) is 24.5 Å². The largest absolute Gasteiger partial charge is 0.497 e. The summed E-state index contributed by atoms with van der Waals surface area (Å²) in [6.45, 7) is 3.78. The predicted molar refractivity (Wildman–Crippen MR) is 122 cm³/mol. The summed E-state index contributed by atoms with van der Waals surface area (Å²) >= 11 is 0. The molecule has 5 heteroatoms. The fourth-order valence-corrected chi connectivity index (χ4v) is 5.86. The monoisotopic (exact) mass is 419 g/mol. The summed E-state index contributed by atoms with van der Waals surface area (Å²) in [6, 6.07) is 17.7. The van der Waals surface area contributed by atoms with Crippen molar-refractivity contribution in [2.75, 3.05) is 33.3 Å². The lowest BCUT2D eigenvalue weighted by Crippen LogP contribution is -2.59. The maximum atomic E-state index is 13.1. The number of benzene rings is 2. The molecule has 31 heavy (non-hydrogen) atoms. The molecule has 2 fully saturated rings. The zero-order valence-electron chi connectivity index (χ0n) is 18.4. The van der Waals surface area contributed by atoms with Crippen molar-refractivity contribution >= 4 is 6.03 Å². The zero-order chi connectivity index (χ0) is 21.2. The number of likely N-dealkylation sites (tertiary alicyclic amines) is 1. The molecule has 2 amide bonds. The number of nitrogens with one attached hydrogen (secondary N) is 1. The molecule has 0 spiro atoms. The minimum atomic E-state index is 0.112. The molecular weight excluding hydrogens is 386 g/mol. The van der Waals surface area contributed by atoms with Gasteiger partial charge in [0.2, 0.25) is 0 Å². The third kappa shape index (κ3) is 4.16. The molecule has 0 aliphatic carbocycles. The fraction of sp³-hybridized carbons (Fsp3) is 0.500. The molecule has 1 N–H and O–H groups in total. The van der Waals surface area contributed by atoms with E-state index in [4.69, 9.17) is 4.74 Å². The topological polar surface area (TPSA) is 44.8 Å². The Balaban J connectivity index is 1.28. The second-order valence-electron chi connectivity index (χ2n) is 9.19. The van der Waals surface area contributed by atoms with Crippen LogP contribution < -0.4 is 10.1 Å². The number of carbonyl (C=O) groups is 1. The number of carbonyl (C=O) groups excluding carboxylic acids is 1. The second kappa shape index (κ2) is 8.91. The molecular formula is C26H33N3O2. The molecule has 0 bridgehead atoms. The summed E-state index contributed by atoms with van der Waals surface area (Å²) in [6.07, 6.45) is 5.34. The summed E-state index contributed by atoms with van der Waals surface area (Å²) in [5, 5.41) is 3.20. The maximum Gasteiger partial charge on any atom is 0.317 e. The van der Waals surface area contributed by atoms with E-state index in [-0.39, 0.29) is 6.03 Å². The van der Waals surface area contributed by atoms with E-state index in [9.17, 15) is 4.79 Å². The van der Waals surface area contributed by atoms with E-state index < -0.39 is 0 Å². The first kappa shape index (κ1) is 20.4. The number of hydrogen-bond donors (Lipinski definition) is 1. The maximum absolute atomic E-state index is 13.1. The Morgan fingerprint density at radius 1 is 1.16 bits per heavy atom. The van der Waals surface area contributed by atoms with Crippen LogP contribution in [0.25, 0.3) is 0 Å². The number of methoxy groups -OCH3 is 1. The average Bonchev–Trinajstić information content (AvgIpc) is 2.82. The van der Waals surface area contributed by atoms with E-state index in [2.05, 4.69) is 57.6 Å². The van der Waals surface area contributed by atoms with Crippen molar-refractivity contribution in [1.29, 1.82) is 0 Å². The molecule has 2 aromatic carbocycles. The lowest BCUT2D eigenvalue weighted by Gasteiger charge is -2.52. The standard InChI is InChI=1S/C26H33N3O2/c1-31-22-10-9-20-12-15-28-18-21-8-5-14-29(24(21)17-25(28)23(20)16-22)26(30)27-13-11-19-6-3-2-4-7-19/h2-4,6-7,9-10,16,21,24-25H,5,8,11-15,17-18H2,1H3,(H,27,30)/t21-,24+,25+/m1/s1. The fourth-order valence-electron chi connectivity index (χ4n) is 5.86. The number of hydrogen-bond acceptors (Lipinski definition) is 3. The van der Waals surface area contributed by atoms with Crippen molar-refractivity contribution in [3.05, 3.63) is 65.2 Å². The van der Waals surface area contributed by atoms with Gasteiger partial charge in [0.05, 0.1) is 7.11 Å². The van der Waals surface area contributed by atoms with Crippen LogP contribution in [0, 0.1) is 5.92 Å². The van der Waals surface area contributed by atoms with Crippen molar-refractivity contribution in [3.63, 3.8) is 0 Å². The highest BCUT2D eigenvalue weighted by Crippen LogP contribution is 2.43. The minimum Gasteiger partial charge on any atom is -0.497 e. The van der Waals surface area contributed by atoms with E-state index >= 15 is 0 Å². The molecule has 3 atom stereocenters. The quantitative estimate of drug-likeness (QED) is 0.814. The van der Waals surface area contributed by atoms with Crippen molar-refractivity contribution < 1.29 is 9.53 Å². The number of rotatable bonds is 4. The van der Waals surface area contributed by atoms with Gasteiger partial charge in [-0.1, -0.05) is 36.4 Å². The molecule has 2 saturated heterocycles. The molecule has 3 aliphatic heterocycles. The first-order chi connectivity index (χ1) is 15.2. The Morgan fingerprint density at radius 3 is 2.87 bits per heavy atom. The van der Waals surface area contributed by atoms with Crippen molar-refractivity contribution in [2.45, 2.75) is 44.2 Å². The first-order valence-electron chi connectivity index (χ1n) is 11.7. The van der Waals surface area contributed by atoms with E-state index in [0.717, 1.165) is 51.1 Å².